The van der Waals surface area contributed by atoms with Crippen LogP contribution >= 0.6 is 0 Å². The number of aryl methyl sites for hydroxylation is 3. The van der Waals surface area contributed by atoms with Crippen LogP contribution < -0.4 is 15.4 Å². The monoisotopic (exact) mass is 362 g/mol. The number of nitrogens with zero attached hydrogens (tertiary/aromatic N) is 2. The molecule has 0 saturated carbocycles. The van der Waals surface area contributed by atoms with E-state index in [1.165, 1.54) is 18.0 Å². The molecular weight excluding hydrogens is 340 g/mol. The quantitative estimate of drug-likeness (QED) is 0.703. The molecule has 6 nitrogen and oxygen atoms in total. The van der Waals surface area contributed by atoms with E-state index in [-0.39, 0.29) is 11.6 Å². The predicted octanol–water partition coefficient (Wildman–Crippen LogP) is 4.41. The number of hydrogen-bond donors (Lipinski definition) is 2. The van der Waals surface area contributed by atoms with Crippen LogP contribution in [0.3, 0.4) is 0 Å². The summed E-state index contributed by atoms with van der Waals surface area (Å²) >= 11 is 0. The first kappa shape index (κ1) is 18.4. The van der Waals surface area contributed by atoms with Gasteiger partial charge in [0.05, 0.1) is 25.2 Å². The summed E-state index contributed by atoms with van der Waals surface area (Å²) in [6.07, 6.45) is 2.97. The summed E-state index contributed by atoms with van der Waals surface area (Å²) in [5.74, 6) is 0.936. The second-order valence-corrected chi connectivity index (χ2v) is 6.37. The van der Waals surface area contributed by atoms with E-state index in [1.807, 2.05) is 57.2 Å². The number of benzene rings is 2. The summed E-state index contributed by atoms with van der Waals surface area (Å²) in [6, 6.07) is 11.6. The number of anilines is 3. The zero-order valence-corrected chi connectivity index (χ0v) is 15.8. The molecule has 2 N–H and O–H groups in total. The largest absolute Gasteiger partial charge is 0.495 e. The molecule has 0 atom stereocenters. The third kappa shape index (κ3) is 4.41. The lowest BCUT2D eigenvalue weighted by molar-refractivity contribution is 0.102. The van der Waals surface area contributed by atoms with Crippen molar-refractivity contribution in [1.29, 1.82) is 0 Å². The van der Waals surface area contributed by atoms with E-state index in [4.69, 9.17) is 4.74 Å². The first-order valence-corrected chi connectivity index (χ1v) is 8.58. The van der Waals surface area contributed by atoms with E-state index in [1.54, 1.807) is 7.11 Å². The van der Waals surface area contributed by atoms with Crippen LogP contribution in [0.5, 0.6) is 5.75 Å². The van der Waals surface area contributed by atoms with E-state index in [0.29, 0.717) is 11.6 Å². The normalized spacial score (nSPS) is 10.4. The van der Waals surface area contributed by atoms with Gasteiger partial charge in [-0.15, -0.1) is 0 Å². The Balaban J connectivity index is 1.72. The molecule has 0 aliphatic rings. The maximum atomic E-state index is 12.4. The van der Waals surface area contributed by atoms with Crippen molar-refractivity contribution in [2.75, 3.05) is 17.7 Å². The summed E-state index contributed by atoms with van der Waals surface area (Å²) in [4.78, 5) is 20.9. The van der Waals surface area contributed by atoms with Crippen LogP contribution in [0.1, 0.15) is 27.2 Å². The Morgan fingerprint density at radius 2 is 1.78 bits per heavy atom. The molecule has 0 unspecified atom stereocenters. The number of methoxy groups -OCH3 is 1. The fraction of sp³-hybridized carbons (Fsp3) is 0.190. The maximum Gasteiger partial charge on any atom is 0.275 e. The fourth-order valence-electron chi connectivity index (χ4n) is 2.58. The highest BCUT2D eigenvalue weighted by molar-refractivity contribution is 6.02. The van der Waals surface area contributed by atoms with Gasteiger partial charge in [-0.3, -0.25) is 4.79 Å². The summed E-state index contributed by atoms with van der Waals surface area (Å²) in [5, 5.41) is 6.00. The molecule has 6 heteroatoms. The Bertz CT molecular complexity index is 968. The molecule has 27 heavy (non-hydrogen) atoms. The minimum absolute atomic E-state index is 0.245. The molecule has 0 aliphatic carbocycles. The molecule has 0 bridgehead atoms. The van der Waals surface area contributed by atoms with Gasteiger partial charge in [-0.1, -0.05) is 12.1 Å². The number of nitrogens with one attached hydrogen (secondary N) is 2. The van der Waals surface area contributed by atoms with Gasteiger partial charge in [0.25, 0.3) is 5.91 Å². The molecule has 1 heterocycles. The number of ether oxygens (including phenoxy) is 1. The Kier molecular flexibility index (Phi) is 5.35. The highest BCUT2D eigenvalue weighted by Crippen LogP contribution is 2.27. The molecule has 2 aromatic carbocycles. The van der Waals surface area contributed by atoms with E-state index in [9.17, 15) is 4.79 Å². The second-order valence-electron chi connectivity index (χ2n) is 6.37. The van der Waals surface area contributed by atoms with Crippen molar-refractivity contribution in [3.63, 3.8) is 0 Å². The van der Waals surface area contributed by atoms with E-state index >= 15 is 0 Å². The molecule has 138 valence electrons. The van der Waals surface area contributed by atoms with E-state index < -0.39 is 0 Å². The molecule has 0 fully saturated rings. The number of amides is 1. The van der Waals surface area contributed by atoms with Gasteiger partial charge >= 0.3 is 0 Å². The number of carbonyl (C=O) groups is 1. The van der Waals surface area contributed by atoms with Gasteiger partial charge in [-0.05, 0) is 61.7 Å². The first-order chi connectivity index (χ1) is 13.0. The number of aromatic nitrogens is 2. The summed E-state index contributed by atoms with van der Waals surface area (Å²) in [7, 11) is 1.61. The zero-order chi connectivity index (χ0) is 19.4. The average molecular weight is 362 g/mol. The van der Waals surface area contributed by atoms with Crippen molar-refractivity contribution in [2.24, 2.45) is 0 Å². The zero-order valence-electron chi connectivity index (χ0n) is 15.8. The molecule has 0 saturated heterocycles. The van der Waals surface area contributed by atoms with Gasteiger partial charge in [-0.25, -0.2) is 9.97 Å². The highest BCUT2D eigenvalue weighted by atomic mass is 16.5. The fourth-order valence-corrected chi connectivity index (χ4v) is 2.58. The van der Waals surface area contributed by atoms with Crippen LogP contribution in [-0.2, 0) is 0 Å². The van der Waals surface area contributed by atoms with Gasteiger partial charge < -0.3 is 15.4 Å². The third-order valence-electron chi connectivity index (χ3n) is 4.27. The van der Waals surface area contributed by atoms with Crippen molar-refractivity contribution in [3.05, 3.63) is 71.2 Å². The summed E-state index contributed by atoms with van der Waals surface area (Å²) in [5.41, 5.74) is 5.15. The highest BCUT2D eigenvalue weighted by Gasteiger charge is 2.10. The van der Waals surface area contributed by atoms with Gasteiger partial charge in [-0.2, -0.15) is 0 Å². The van der Waals surface area contributed by atoms with Crippen LogP contribution in [0.4, 0.5) is 17.2 Å². The lowest BCUT2D eigenvalue weighted by Gasteiger charge is -2.11. The van der Waals surface area contributed by atoms with Gasteiger partial charge in [0, 0.05) is 5.69 Å². The van der Waals surface area contributed by atoms with Gasteiger partial charge in [0.1, 0.15) is 17.3 Å². The minimum Gasteiger partial charge on any atom is -0.495 e. The second kappa shape index (κ2) is 7.86. The van der Waals surface area contributed by atoms with Crippen molar-refractivity contribution >= 4 is 23.1 Å². The lowest BCUT2D eigenvalue weighted by Crippen LogP contribution is -2.14. The molecule has 1 aromatic heterocycles. The van der Waals surface area contributed by atoms with Crippen LogP contribution in [0.15, 0.2) is 48.8 Å². The van der Waals surface area contributed by atoms with Crippen LogP contribution in [0, 0.1) is 20.8 Å². The molecule has 0 spiro atoms. The smallest absolute Gasteiger partial charge is 0.275 e. The number of hydrogen-bond acceptors (Lipinski definition) is 5. The van der Waals surface area contributed by atoms with Crippen molar-refractivity contribution in [2.45, 2.75) is 20.8 Å². The summed E-state index contributed by atoms with van der Waals surface area (Å²) in [6.45, 7) is 6.03. The Morgan fingerprint density at radius 1 is 0.963 bits per heavy atom. The first-order valence-electron chi connectivity index (χ1n) is 8.58. The van der Waals surface area contributed by atoms with Gasteiger partial charge in [0.15, 0.2) is 0 Å². The molecular formula is C21H22N4O2. The van der Waals surface area contributed by atoms with E-state index in [0.717, 1.165) is 22.5 Å². The van der Waals surface area contributed by atoms with Gasteiger partial charge in [0.2, 0.25) is 0 Å². The van der Waals surface area contributed by atoms with Crippen LogP contribution in [0.2, 0.25) is 0 Å². The molecule has 1 amide bonds. The Morgan fingerprint density at radius 3 is 2.44 bits per heavy atom. The topological polar surface area (TPSA) is 76.1 Å². The standard InChI is InChI=1S/C21H22N4O2/c1-13-5-8-19(27-4)17(9-13)25-20-12-22-18(11-23-20)21(26)24-16-7-6-14(2)15(3)10-16/h5-12H,1-4H3,(H,23,25)(H,24,26). The van der Waals surface area contributed by atoms with Crippen molar-refractivity contribution in [1.82, 2.24) is 9.97 Å². The third-order valence-corrected chi connectivity index (χ3v) is 4.27. The van der Waals surface area contributed by atoms with E-state index in [2.05, 4.69) is 20.6 Å². The molecule has 0 aliphatic heterocycles. The molecule has 0 radical (unpaired) electrons. The number of rotatable bonds is 5. The van der Waals surface area contributed by atoms with Crippen LogP contribution in [0.25, 0.3) is 0 Å². The summed E-state index contributed by atoms with van der Waals surface area (Å²) < 4.78 is 5.34. The number of carbonyl (C=O) groups excluding carboxylic acids is 1. The average Bonchev–Trinajstić information content (AvgIpc) is 2.65. The Hall–Kier alpha value is -3.41. The minimum atomic E-state index is -0.301. The molecule has 3 rings (SSSR count). The predicted molar refractivity (Wildman–Crippen MR) is 107 cm³/mol. The van der Waals surface area contributed by atoms with Crippen LogP contribution in [-0.4, -0.2) is 23.0 Å². The SMILES string of the molecule is COc1ccc(C)cc1Nc1cnc(C(=O)Nc2ccc(C)c(C)c2)cn1. The Labute approximate surface area is 158 Å². The lowest BCUT2D eigenvalue weighted by atomic mass is 10.1. The van der Waals surface area contributed by atoms with Crippen molar-refractivity contribution < 1.29 is 9.53 Å². The molecule has 3 aromatic rings. The maximum absolute atomic E-state index is 12.4. The van der Waals surface area contributed by atoms with Crippen molar-refractivity contribution in [3.8, 4) is 5.75 Å².